The van der Waals surface area contributed by atoms with E-state index in [0.29, 0.717) is 38.8 Å². The molecule has 0 fully saturated rings. The Kier molecular flexibility index (Phi) is 4.92. The van der Waals surface area contributed by atoms with Gasteiger partial charge in [-0.05, 0) is 56.3 Å². The largest absolute Gasteiger partial charge is 0.244 e. The van der Waals surface area contributed by atoms with E-state index in [9.17, 15) is 0 Å². The van der Waals surface area contributed by atoms with E-state index in [0.717, 1.165) is 0 Å². The lowest BCUT2D eigenvalue weighted by Gasteiger charge is -2.21. The van der Waals surface area contributed by atoms with Crippen LogP contribution in [0.25, 0.3) is 0 Å². The Morgan fingerprint density at radius 2 is 1.00 bits per heavy atom. The molecule has 176 valence electrons. The van der Waals surface area contributed by atoms with Crippen LogP contribution in [0.2, 0.25) is 0 Å². The Morgan fingerprint density at radius 1 is 0.618 bits per heavy atom. The summed E-state index contributed by atoms with van der Waals surface area (Å²) >= 11 is 0. The number of imidazole rings is 2. The molecule has 8 bridgehead atoms. The topological polar surface area (TPSA) is 17.6 Å². The Hall–Kier alpha value is -3.14. The molecule has 0 N–H and O–H groups in total. The second-order valence-corrected chi connectivity index (χ2v) is 11.9. The summed E-state index contributed by atoms with van der Waals surface area (Å²) in [5, 5.41) is 0. The van der Waals surface area contributed by atoms with Crippen molar-refractivity contribution in [3.05, 3.63) is 107 Å². The summed E-state index contributed by atoms with van der Waals surface area (Å²) in [6.07, 6.45) is 9.09. The van der Waals surface area contributed by atoms with Crippen LogP contribution in [-0.4, -0.2) is 9.13 Å². The van der Waals surface area contributed by atoms with Gasteiger partial charge in [0.2, 0.25) is 12.6 Å². The summed E-state index contributed by atoms with van der Waals surface area (Å²) in [5.41, 5.74) is 7.32. The molecule has 0 aliphatic carbocycles. The smallest absolute Gasteiger partial charge is 0.233 e. The van der Waals surface area contributed by atoms with Gasteiger partial charge in [-0.3, -0.25) is 0 Å². The first-order valence-corrected chi connectivity index (χ1v) is 12.2. The van der Waals surface area contributed by atoms with Crippen LogP contribution in [0.15, 0.2) is 73.8 Å². The van der Waals surface area contributed by atoms with Gasteiger partial charge in [-0.25, -0.2) is 18.3 Å². The molecule has 4 aromatic rings. The third-order valence-electron chi connectivity index (χ3n) is 6.62. The Bertz CT molecular complexity index is 1240. The van der Waals surface area contributed by atoms with Crippen molar-refractivity contribution in [2.24, 2.45) is 0 Å². The van der Waals surface area contributed by atoms with Gasteiger partial charge in [0.15, 0.2) is 2.74 Å². The van der Waals surface area contributed by atoms with Crippen molar-refractivity contribution in [2.75, 3.05) is 0 Å². The molecular formula is C30H38N4+2. The normalized spacial score (nSPS) is 15.1. The van der Waals surface area contributed by atoms with E-state index in [1.807, 2.05) is 43.1 Å². The van der Waals surface area contributed by atoms with Gasteiger partial charge in [0, 0.05) is 0 Å². The summed E-state index contributed by atoms with van der Waals surface area (Å²) in [6, 6.07) is 13.5. The Balaban J connectivity index is 1.67. The molecule has 34 heavy (non-hydrogen) atoms. The van der Waals surface area contributed by atoms with Crippen molar-refractivity contribution in [3.8, 4) is 0 Å². The predicted molar refractivity (Wildman–Crippen MR) is 136 cm³/mol. The van der Waals surface area contributed by atoms with Crippen LogP contribution in [-0.2, 0) is 37.0 Å². The van der Waals surface area contributed by atoms with Crippen LogP contribution in [0.4, 0.5) is 0 Å². The van der Waals surface area contributed by atoms with Crippen LogP contribution in [0.3, 0.4) is 0 Å². The van der Waals surface area contributed by atoms with Crippen LogP contribution in [0, 0.1) is 0 Å². The van der Waals surface area contributed by atoms with Crippen LogP contribution < -0.4 is 9.13 Å². The highest BCUT2D eigenvalue weighted by atomic mass is 15.1. The summed E-state index contributed by atoms with van der Waals surface area (Å²) in [4.78, 5) is 0. The van der Waals surface area contributed by atoms with Crippen LogP contribution in [0.1, 0.15) is 77.7 Å². The van der Waals surface area contributed by atoms with Gasteiger partial charge in [-0.2, -0.15) is 0 Å². The van der Waals surface area contributed by atoms with E-state index in [-0.39, 0.29) is 10.8 Å². The zero-order valence-corrected chi connectivity index (χ0v) is 21.4. The van der Waals surface area contributed by atoms with E-state index in [1.54, 1.807) is 0 Å². The molecule has 2 aromatic heterocycles. The molecule has 1 aliphatic rings. The zero-order chi connectivity index (χ0) is 25.8. The van der Waals surface area contributed by atoms with Gasteiger partial charge < -0.3 is 0 Å². The third-order valence-corrected chi connectivity index (χ3v) is 6.62. The molecule has 0 saturated heterocycles. The fourth-order valence-electron chi connectivity index (χ4n) is 4.68. The molecule has 0 saturated carbocycles. The van der Waals surface area contributed by atoms with Crippen LogP contribution in [0.5, 0.6) is 0 Å². The summed E-state index contributed by atoms with van der Waals surface area (Å²) < 4.78 is 25.9. The second-order valence-electron chi connectivity index (χ2n) is 11.9. The SMILES string of the molecule is [2H]c1n2cc[n+]1Cc1cc(cc(C(C)(C)C)c1)C[n+]1ccn(c1[2H])Cc1cc(cc(C(C)(C)C)c1)C2. The molecule has 4 nitrogen and oxygen atoms in total. The van der Waals surface area contributed by atoms with E-state index in [2.05, 4.69) is 77.9 Å². The minimum absolute atomic E-state index is 0.0138. The molecule has 0 spiro atoms. The number of fused-ring (bicyclic) bond motifs is 8. The summed E-state index contributed by atoms with van der Waals surface area (Å²) in [6.45, 7) is 16.0. The summed E-state index contributed by atoms with van der Waals surface area (Å²) in [7, 11) is 0. The molecule has 1 aliphatic heterocycles. The Labute approximate surface area is 206 Å². The number of nitrogens with zero attached hydrogens (tertiary/aromatic N) is 4. The fourth-order valence-corrected chi connectivity index (χ4v) is 4.68. The molecule has 4 heteroatoms. The van der Waals surface area contributed by atoms with Crippen molar-refractivity contribution in [2.45, 2.75) is 78.6 Å². The highest BCUT2D eigenvalue weighted by Crippen LogP contribution is 2.26. The molecule has 0 atom stereocenters. The van der Waals surface area contributed by atoms with Crippen molar-refractivity contribution >= 4 is 0 Å². The van der Waals surface area contributed by atoms with Gasteiger partial charge in [0.05, 0.1) is 0 Å². The Morgan fingerprint density at radius 3 is 1.41 bits per heavy atom. The van der Waals surface area contributed by atoms with Gasteiger partial charge in [-0.15, -0.1) is 0 Å². The lowest BCUT2D eigenvalue weighted by molar-refractivity contribution is -0.688. The van der Waals surface area contributed by atoms with Crippen molar-refractivity contribution in [1.29, 1.82) is 0 Å². The first kappa shape index (κ1) is 20.3. The molecule has 0 amide bonds. The molecule has 2 aromatic carbocycles. The minimum Gasteiger partial charge on any atom is -0.233 e. The van der Waals surface area contributed by atoms with E-state index in [4.69, 9.17) is 2.74 Å². The van der Waals surface area contributed by atoms with Gasteiger partial charge in [0.25, 0.3) is 0 Å². The lowest BCUT2D eigenvalue weighted by atomic mass is 9.85. The van der Waals surface area contributed by atoms with E-state index >= 15 is 0 Å². The average Bonchev–Trinajstić information content (AvgIpc) is 3.29. The molecular weight excluding hydrogens is 416 g/mol. The van der Waals surface area contributed by atoms with Crippen molar-refractivity contribution in [1.82, 2.24) is 9.13 Å². The number of benzene rings is 2. The average molecular weight is 457 g/mol. The zero-order valence-electron chi connectivity index (χ0n) is 23.4. The standard InChI is InChI=1S/C30H38N4/c1-29(2,3)27-13-23-11-24(14-27)18-32-8-10-34(22-32)20-26-12-25(15-28(16-26)30(4,5)6)19-33-9-7-31(17-23)21-33/h7-16,21-22H,17-20H2,1-6H3/q+2/i21D,22D. The first-order chi connectivity index (χ1) is 16.9. The minimum atomic E-state index is 0.0138. The quantitative estimate of drug-likeness (QED) is 0.293. The number of rotatable bonds is 0. The molecule has 3 heterocycles. The third kappa shape index (κ3) is 5.01. The molecule has 0 radical (unpaired) electrons. The van der Waals surface area contributed by atoms with Gasteiger partial charge in [0.1, 0.15) is 51.0 Å². The van der Waals surface area contributed by atoms with E-state index in [1.165, 1.54) is 33.4 Å². The fraction of sp³-hybridized carbons (Fsp3) is 0.400. The first-order valence-electron chi connectivity index (χ1n) is 13.2. The van der Waals surface area contributed by atoms with Crippen LogP contribution >= 0.6 is 0 Å². The maximum atomic E-state index is 8.89. The highest BCUT2D eigenvalue weighted by molar-refractivity contribution is 5.35. The number of hydrogen-bond donors (Lipinski definition) is 0. The monoisotopic (exact) mass is 456 g/mol. The van der Waals surface area contributed by atoms with Gasteiger partial charge in [-0.1, -0.05) is 65.8 Å². The second kappa shape index (κ2) is 8.26. The van der Waals surface area contributed by atoms with Crippen molar-refractivity contribution in [3.63, 3.8) is 0 Å². The highest BCUT2D eigenvalue weighted by Gasteiger charge is 2.20. The summed E-state index contributed by atoms with van der Waals surface area (Å²) in [5.74, 6) is 0. The number of hydrogen-bond acceptors (Lipinski definition) is 0. The van der Waals surface area contributed by atoms with E-state index < -0.39 is 0 Å². The lowest BCUT2D eigenvalue weighted by Crippen LogP contribution is -2.33. The van der Waals surface area contributed by atoms with Gasteiger partial charge >= 0.3 is 0 Å². The maximum Gasteiger partial charge on any atom is 0.244 e. The predicted octanol–water partition coefficient (Wildman–Crippen LogP) is 4.97. The van der Waals surface area contributed by atoms with Crippen molar-refractivity contribution < 1.29 is 11.9 Å². The maximum absolute atomic E-state index is 8.89. The molecule has 5 rings (SSSR count). The molecule has 0 unspecified atom stereocenters. The number of aromatic nitrogens is 4.